The second-order valence-corrected chi connectivity index (χ2v) is 4.27. The number of alkyl halides is 1. The average molecular weight is 255 g/mol. The van der Waals surface area contributed by atoms with Gasteiger partial charge in [0.05, 0.1) is 18.6 Å². The summed E-state index contributed by atoms with van der Waals surface area (Å²) in [7, 11) is 1.46. The second kappa shape index (κ2) is 5.82. The van der Waals surface area contributed by atoms with Crippen LogP contribution in [0.5, 0.6) is 5.75 Å². The van der Waals surface area contributed by atoms with Crippen molar-refractivity contribution in [2.45, 2.75) is 19.8 Å². The van der Waals surface area contributed by atoms with Gasteiger partial charge in [-0.1, -0.05) is 19.9 Å². The van der Waals surface area contributed by atoms with Crippen LogP contribution in [-0.4, -0.2) is 24.6 Å². The van der Waals surface area contributed by atoms with Crippen LogP contribution in [0.1, 0.15) is 35.7 Å². The lowest BCUT2D eigenvalue weighted by Gasteiger charge is -2.11. The van der Waals surface area contributed by atoms with E-state index in [-0.39, 0.29) is 17.4 Å². The third kappa shape index (κ3) is 3.07. The highest BCUT2D eigenvalue weighted by molar-refractivity contribution is 6.51. The number of hydrogen-bond acceptors (Lipinski definition) is 3. The molecule has 0 fully saturated rings. The van der Waals surface area contributed by atoms with Gasteiger partial charge in [-0.05, 0) is 23.6 Å². The van der Waals surface area contributed by atoms with E-state index in [1.54, 1.807) is 12.1 Å². The van der Waals surface area contributed by atoms with Crippen molar-refractivity contribution in [3.8, 4) is 5.75 Å². The van der Waals surface area contributed by atoms with Gasteiger partial charge in [-0.3, -0.25) is 9.59 Å². The topological polar surface area (TPSA) is 43.4 Å². The largest absolute Gasteiger partial charge is 0.496 e. The lowest BCUT2D eigenvalue weighted by molar-refractivity contribution is -0.112. The van der Waals surface area contributed by atoms with Crippen molar-refractivity contribution in [2.24, 2.45) is 0 Å². The van der Waals surface area contributed by atoms with E-state index in [9.17, 15) is 9.59 Å². The molecule has 0 aliphatic carbocycles. The van der Waals surface area contributed by atoms with E-state index in [2.05, 4.69) is 0 Å². The summed E-state index contributed by atoms with van der Waals surface area (Å²) in [5, 5.41) is 0. The van der Waals surface area contributed by atoms with Crippen molar-refractivity contribution in [1.82, 2.24) is 0 Å². The standard InChI is InChI=1S/C13H15ClO3/c1-8(2)9-4-5-12(17-3)10(6-9)13(16)11(15)7-14/h4-6,8H,7H2,1-3H3. The minimum absolute atomic E-state index is 0.276. The fraction of sp³-hybridized carbons (Fsp3) is 0.385. The highest BCUT2D eigenvalue weighted by Crippen LogP contribution is 2.24. The van der Waals surface area contributed by atoms with Crippen LogP contribution in [0.4, 0.5) is 0 Å². The fourth-order valence-electron chi connectivity index (χ4n) is 1.47. The molecule has 0 radical (unpaired) electrons. The summed E-state index contributed by atoms with van der Waals surface area (Å²) in [4.78, 5) is 23.1. The molecule has 0 spiro atoms. The zero-order valence-corrected chi connectivity index (χ0v) is 10.9. The van der Waals surface area contributed by atoms with Crippen molar-refractivity contribution < 1.29 is 14.3 Å². The molecule has 0 amide bonds. The van der Waals surface area contributed by atoms with Gasteiger partial charge in [0.2, 0.25) is 11.6 Å². The minimum atomic E-state index is -0.620. The van der Waals surface area contributed by atoms with Crippen molar-refractivity contribution in [1.29, 1.82) is 0 Å². The molecule has 0 heterocycles. The van der Waals surface area contributed by atoms with Gasteiger partial charge in [-0.2, -0.15) is 0 Å². The number of ether oxygens (including phenoxy) is 1. The average Bonchev–Trinajstić information content (AvgIpc) is 2.35. The van der Waals surface area contributed by atoms with Crippen molar-refractivity contribution in [2.75, 3.05) is 13.0 Å². The second-order valence-electron chi connectivity index (χ2n) is 4.00. The number of halogens is 1. The van der Waals surface area contributed by atoms with Crippen molar-refractivity contribution in [3.63, 3.8) is 0 Å². The maximum absolute atomic E-state index is 11.8. The molecule has 17 heavy (non-hydrogen) atoms. The third-order valence-electron chi connectivity index (χ3n) is 2.51. The number of carbonyl (C=O) groups is 2. The molecule has 92 valence electrons. The Bertz CT molecular complexity index is 438. The van der Waals surface area contributed by atoms with E-state index in [1.165, 1.54) is 7.11 Å². The van der Waals surface area contributed by atoms with E-state index in [0.29, 0.717) is 5.75 Å². The summed E-state index contributed by atoms with van der Waals surface area (Å²) in [5.74, 6) is -0.852. The van der Waals surface area contributed by atoms with E-state index in [1.807, 2.05) is 19.9 Å². The van der Waals surface area contributed by atoms with E-state index < -0.39 is 11.6 Å². The number of carbonyl (C=O) groups excluding carboxylic acids is 2. The van der Waals surface area contributed by atoms with Gasteiger partial charge in [0.1, 0.15) is 5.75 Å². The zero-order valence-electron chi connectivity index (χ0n) is 10.1. The molecular weight excluding hydrogens is 240 g/mol. The van der Waals surface area contributed by atoms with Crippen molar-refractivity contribution >= 4 is 23.2 Å². The van der Waals surface area contributed by atoms with Crippen LogP contribution in [0.3, 0.4) is 0 Å². The highest BCUT2D eigenvalue weighted by Gasteiger charge is 2.20. The molecule has 0 N–H and O–H groups in total. The maximum Gasteiger partial charge on any atom is 0.233 e. The molecule has 0 bridgehead atoms. The number of hydrogen-bond donors (Lipinski definition) is 0. The molecule has 0 unspecified atom stereocenters. The van der Waals surface area contributed by atoms with Crippen LogP contribution in [0, 0.1) is 0 Å². The number of ketones is 2. The predicted molar refractivity (Wildman–Crippen MR) is 67.1 cm³/mol. The summed E-state index contributed by atoms with van der Waals surface area (Å²) >= 11 is 5.38. The predicted octanol–water partition coefficient (Wildman–Crippen LogP) is 2.81. The highest BCUT2D eigenvalue weighted by atomic mass is 35.5. The van der Waals surface area contributed by atoms with E-state index in [4.69, 9.17) is 16.3 Å². The Labute approximate surface area is 106 Å². The first kappa shape index (κ1) is 13.7. The Morgan fingerprint density at radius 1 is 1.35 bits per heavy atom. The first-order valence-electron chi connectivity index (χ1n) is 5.32. The summed E-state index contributed by atoms with van der Waals surface area (Å²) in [6.07, 6.45) is 0. The van der Waals surface area contributed by atoms with Crippen LogP contribution >= 0.6 is 11.6 Å². The number of Topliss-reactive ketones (excluding diaryl/α,β-unsaturated/α-hetero) is 2. The van der Waals surface area contributed by atoms with Gasteiger partial charge >= 0.3 is 0 Å². The fourth-order valence-corrected chi connectivity index (χ4v) is 1.59. The summed E-state index contributed by atoms with van der Waals surface area (Å²) in [6.45, 7) is 4.03. The normalized spacial score (nSPS) is 10.4. The first-order valence-corrected chi connectivity index (χ1v) is 5.86. The minimum Gasteiger partial charge on any atom is -0.496 e. The van der Waals surface area contributed by atoms with Gasteiger partial charge in [-0.15, -0.1) is 11.6 Å². The van der Waals surface area contributed by atoms with E-state index >= 15 is 0 Å². The molecule has 1 rings (SSSR count). The molecule has 0 aromatic heterocycles. The van der Waals surface area contributed by atoms with Crippen LogP contribution in [0.2, 0.25) is 0 Å². The lowest BCUT2D eigenvalue weighted by atomic mass is 9.97. The molecule has 0 atom stereocenters. The lowest BCUT2D eigenvalue weighted by Crippen LogP contribution is -2.16. The summed E-state index contributed by atoms with van der Waals surface area (Å²) in [6, 6.07) is 5.27. The van der Waals surface area contributed by atoms with Gasteiger partial charge in [0, 0.05) is 0 Å². The van der Waals surface area contributed by atoms with Crippen molar-refractivity contribution in [3.05, 3.63) is 29.3 Å². The summed E-state index contributed by atoms with van der Waals surface area (Å²) in [5.41, 5.74) is 1.26. The Hall–Kier alpha value is -1.35. The number of benzene rings is 1. The third-order valence-corrected chi connectivity index (χ3v) is 2.75. The molecule has 0 saturated carbocycles. The Kier molecular flexibility index (Phi) is 4.70. The van der Waals surface area contributed by atoms with Gasteiger partial charge in [0.15, 0.2) is 0 Å². The van der Waals surface area contributed by atoms with Gasteiger partial charge < -0.3 is 4.74 Å². The van der Waals surface area contributed by atoms with E-state index in [0.717, 1.165) is 5.56 Å². The smallest absolute Gasteiger partial charge is 0.233 e. The number of rotatable bonds is 5. The van der Waals surface area contributed by atoms with Gasteiger partial charge in [-0.25, -0.2) is 0 Å². The molecule has 1 aromatic rings. The Balaban J connectivity index is 3.23. The zero-order chi connectivity index (χ0) is 13.0. The molecule has 3 nitrogen and oxygen atoms in total. The quantitative estimate of drug-likeness (QED) is 0.461. The first-order chi connectivity index (χ1) is 8.01. The van der Waals surface area contributed by atoms with Crippen LogP contribution < -0.4 is 4.74 Å². The van der Waals surface area contributed by atoms with Crippen LogP contribution in [0.25, 0.3) is 0 Å². The maximum atomic E-state index is 11.8. The molecule has 1 aromatic carbocycles. The monoisotopic (exact) mass is 254 g/mol. The SMILES string of the molecule is COc1ccc(C(C)C)cc1C(=O)C(=O)CCl. The molecule has 4 heteroatoms. The van der Waals surface area contributed by atoms with Crippen LogP contribution in [-0.2, 0) is 4.79 Å². The number of methoxy groups -OCH3 is 1. The molecule has 0 aliphatic heterocycles. The Morgan fingerprint density at radius 3 is 2.47 bits per heavy atom. The van der Waals surface area contributed by atoms with Crippen LogP contribution in [0.15, 0.2) is 18.2 Å². The van der Waals surface area contributed by atoms with Gasteiger partial charge in [0.25, 0.3) is 0 Å². The molecule has 0 saturated heterocycles. The Morgan fingerprint density at radius 2 is 2.00 bits per heavy atom. The molecular formula is C13H15ClO3. The summed E-state index contributed by atoms with van der Waals surface area (Å²) < 4.78 is 5.08. The molecule has 0 aliphatic rings.